The molecule has 0 aliphatic heterocycles. The van der Waals surface area contributed by atoms with Crippen LogP contribution in [0.3, 0.4) is 0 Å². The SMILES string of the molecule is COc1ccccc1P(c1ccccc1)N(C(C)C)P(c1ccccc1)c1ccccc1. The molecule has 4 aromatic carbocycles. The fourth-order valence-corrected chi connectivity index (χ4v) is 10.1. The molecule has 0 N–H and O–H groups in total. The number of hydrogen-bond acceptors (Lipinski definition) is 2. The fourth-order valence-electron chi connectivity index (χ4n) is 3.82. The van der Waals surface area contributed by atoms with Gasteiger partial charge in [-0.25, -0.2) is 4.44 Å². The smallest absolute Gasteiger partial charge is 0.128 e. The first-order valence-electron chi connectivity index (χ1n) is 10.9. The van der Waals surface area contributed by atoms with Crippen LogP contribution in [0.1, 0.15) is 13.8 Å². The van der Waals surface area contributed by atoms with Gasteiger partial charge in [-0.05, 0) is 41.9 Å². The molecule has 4 aromatic rings. The average Bonchev–Trinajstić information content (AvgIpc) is 2.85. The van der Waals surface area contributed by atoms with Gasteiger partial charge in [0.05, 0.1) is 7.11 Å². The minimum Gasteiger partial charge on any atom is -0.496 e. The molecule has 4 heteroatoms. The summed E-state index contributed by atoms with van der Waals surface area (Å²) in [5.74, 6) is 0.948. The molecular weight excluding hydrogens is 428 g/mol. The Kier molecular flexibility index (Phi) is 7.72. The molecule has 2 nitrogen and oxygen atoms in total. The van der Waals surface area contributed by atoms with E-state index in [0.717, 1.165) is 5.75 Å². The molecule has 0 saturated carbocycles. The number of rotatable bonds is 8. The van der Waals surface area contributed by atoms with Gasteiger partial charge in [0.1, 0.15) is 5.75 Å². The molecule has 32 heavy (non-hydrogen) atoms. The van der Waals surface area contributed by atoms with Crippen molar-refractivity contribution in [3.8, 4) is 5.75 Å². The highest BCUT2D eigenvalue weighted by molar-refractivity contribution is 7.84. The van der Waals surface area contributed by atoms with Crippen molar-refractivity contribution in [3.63, 3.8) is 0 Å². The molecule has 0 fully saturated rings. The van der Waals surface area contributed by atoms with E-state index in [1.54, 1.807) is 7.11 Å². The summed E-state index contributed by atoms with van der Waals surface area (Å²) in [6.45, 7) is 4.63. The van der Waals surface area contributed by atoms with Gasteiger partial charge in [-0.15, -0.1) is 0 Å². The van der Waals surface area contributed by atoms with E-state index in [1.807, 2.05) is 0 Å². The van der Waals surface area contributed by atoms with Crippen LogP contribution in [0.5, 0.6) is 5.75 Å². The van der Waals surface area contributed by atoms with E-state index >= 15 is 0 Å². The topological polar surface area (TPSA) is 12.5 Å². The molecule has 0 amide bonds. The highest BCUT2D eigenvalue weighted by atomic mass is 31.2. The minimum atomic E-state index is -0.830. The maximum atomic E-state index is 5.87. The van der Waals surface area contributed by atoms with E-state index in [1.165, 1.54) is 21.2 Å². The zero-order chi connectivity index (χ0) is 22.3. The van der Waals surface area contributed by atoms with Crippen LogP contribution in [0.25, 0.3) is 0 Å². The van der Waals surface area contributed by atoms with Crippen molar-refractivity contribution in [1.29, 1.82) is 0 Å². The minimum absolute atomic E-state index is 0.331. The van der Waals surface area contributed by atoms with Crippen molar-refractivity contribution in [1.82, 2.24) is 4.44 Å². The number of ether oxygens (including phenoxy) is 1. The summed E-state index contributed by atoms with van der Waals surface area (Å²) in [5, 5.41) is 5.31. The third-order valence-electron chi connectivity index (χ3n) is 5.19. The summed E-state index contributed by atoms with van der Waals surface area (Å²) < 4.78 is 8.60. The first-order valence-corrected chi connectivity index (χ1v) is 13.5. The molecule has 0 heterocycles. The summed E-state index contributed by atoms with van der Waals surface area (Å²) in [4.78, 5) is 0. The van der Waals surface area contributed by atoms with E-state index in [-0.39, 0.29) is 0 Å². The summed E-state index contributed by atoms with van der Waals surface area (Å²) in [7, 11) is 0.191. The van der Waals surface area contributed by atoms with Gasteiger partial charge in [-0.1, -0.05) is 103 Å². The Morgan fingerprint density at radius 3 is 1.41 bits per heavy atom. The highest BCUT2D eigenvalue weighted by Crippen LogP contribution is 2.56. The van der Waals surface area contributed by atoms with Crippen molar-refractivity contribution >= 4 is 37.4 Å². The van der Waals surface area contributed by atoms with Gasteiger partial charge >= 0.3 is 0 Å². The lowest BCUT2D eigenvalue weighted by molar-refractivity contribution is 0.418. The summed E-state index contributed by atoms with van der Waals surface area (Å²) in [6.07, 6.45) is 0. The third-order valence-corrected chi connectivity index (χ3v) is 11.2. The number of para-hydroxylation sites is 1. The number of nitrogens with zero attached hydrogens (tertiary/aromatic N) is 1. The zero-order valence-electron chi connectivity index (χ0n) is 18.8. The Hall–Kier alpha value is -2.50. The monoisotopic (exact) mass is 457 g/mol. The van der Waals surface area contributed by atoms with E-state index in [2.05, 4.69) is 134 Å². The van der Waals surface area contributed by atoms with Crippen molar-refractivity contribution in [2.45, 2.75) is 19.9 Å². The standard InChI is InChI=1S/C28H29NOP2/c1-23(2)29(31(24-15-7-4-8-16-24)25-17-9-5-10-18-25)32(26-19-11-6-12-20-26)28-22-14-13-21-27(28)30-3/h4-23H,1-3H3. The first kappa shape index (κ1) is 22.7. The molecule has 1 unspecified atom stereocenters. The van der Waals surface area contributed by atoms with Gasteiger partial charge in [0, 0.05) is 27.5 Å². The molecule has 4 rings (SSSR count). The second-order valence-corrected chi connectivity index (χ2v) is 12.2. The number of methoxy groups -OCH3 is 1. The Morgan fingerprint density at radius 2 is 0.969 bits per heavy atom. The lowest BCUT2D eigenvalue weighted by Gasteiger charge is -2.42. The molecule has 0 aliphatic carbocycles. The van der Waals surface area contributed by atoms with Crippen LogP contribution in [0, 0.1) is 0 Å². The van der Waals surface area contributed by atoms with Crippen LogP contribution in [0.15, 0.2) is 115 Å². The molecule has 0 aromatic heterocycles. The van der Waals surface area contributed by atoms with E-state index in [0.29, 0.717) is 6.04 Å². The highest BCUT2D eigenvalue weighted by Gasteiger charge is 2.34. The summed E-state index contributed by atoms with van der Waals surface area (Å²) in [6, 6.07) is 41.6. The van der Waals surface area contributed by atoms with Crippen LogP contribution in [0.2, 0.25) is 0 Å². The lowest BCUT2D eigenvalue weighted by atomic mass is 10.3. The Labute approximate surface area is 194 Å². The zero-order valence-corrected chi connectivity index (χ0v) is 20.6. The van der Waals surface area contributed by atoms with Gasteiger partial charge in [0.2, 0.25) is 0 Å². The van der Waals surface area contributed by atoms with Crippen LogP contribution in [-0.2, 0) is 0 Å². The molecular formula is C28H29NOP2. The molecule has 0 saturated heterocycles. The van der Waals surface area contributed by atoms with Crippen molar-refractivity contribution in [2.75, 3.05) is 7.11 Å². The number of benzene rings is 4. The van der Waals surface area contributed by atoms with E-state index in [4.69, 9.17) is 4.74 Å². The van der Waals surface area contributed by atoms with Crippen LogP contribution in [-0.4, -0.2) is 17.6 Å². The summed E-state index contributed by atoms with van der Waals surface area (Å²) in [5.41, 5.74) is 0. The Morgan fingerprint density at radius 1 is 0.562 bits per heavy atom. The number of hydrogen-bond donors (Lipinski definition) is 0. The molecule has 0 radical (unpaired) electrons. The third kappa shape index (κ3) is 4.94. The maximum Gasteiger partial charge on any atom is 0.128 e. The van der Waals surface area contributed by atoms with Gasteiger partial charge in [-0.3, -0.25) is 0 Å². The van der Waals surface area contributed by atoms with E-state index in [9.17, 15) is 0 Å². The predicted octanol–water partition coefficient (Wildman–Crippen LogP) is 5.80. The lowest BCUT2D eigenvalue weighted by Crippen LogP contribution is -2.36. The first-order chi connectivity index (χ1) is 15.7. The second-order valence-electron chi connectivity index (χ2n) is 7.72. The molecule has 0 aliphatic rings. The Bertz CT molecular complexity index is 1060. The van der Waals surface area contributed by atoms with Crippen molar-refractivity contribution in [2.24, 2.45) is 0 Å². The van der Waals surface area contributed by atoms with Crippen LogP contribution < -0.4 is 26.0 Å². The molecule has 0 spiro atoms. The molecule has 0 bridgehead atoms. The normalized spacial score (nSPS) is 12.3. The fraction of sp³-hybridized carbons (Fsp3) is 0.143. The van der Waals surface area contributed by atoms with Crippen LogP contribution >= 0.6 is 16.1 Å². The van der Waals surface area contributed by atoms with Gasteiger partial charge in [0.25, 0.3) is 0 Å². The quantitative estimate of drug-likeness (QED) is 0.310. The van der Waals surface area contributed by atoms with Gasteiger partial charge in [-0.2, -0.15) is 0 Å². The van der Waals surface area contributed by atoms with Crippen molar-refractivity contribution in [3.05, 3.63) is 115 Å². The van der Waals surface area contributed by atoms with Gasteiger partial charge in [0.15, 0.2) is 0 Å². The molecule has 1 atom stereocenters. The van der Waals surface area contributed by atoms with Crippen LogP contribution in [0.4, 0.5) is 0 Å². The maximum absolute atomic E-state index is 5.87. The van der Waals surface area contributed by atoms with E-state index < -0.39 is 16.1 Å². The molecule has 162 valence electrons. The Balaban J connectivity index is 1.96. The second kappa shape index (κ2) is 10.9. The van der Waals surface area contributed by atoms with Gasteiger partial charge < -0.3 is 4.74 Å². The predicted molar refractivity (Wildman–Crippen MR) is 142 cm³/mol. The largest absolute Gasteiger partial charge is 0.496 e. The van der Waals surface area contributed by atoms with Crippen molar-refractivity contribution < 1.29 is 4.74 Å². The average molecular weight is 457 g/mol. The summed E-state index contributed by atoms with van der Waals surface area (Å²) >= 11 is 0.